The molecule has 2 N–H and O–H groups in total. The summed E-state index contributed by atoms with van der Waals surface area (Å²) in [4.78, 5) is 77.1. The summed E-state index contributed by atoms with van der Waals surface area (Å²) in [6.45, 7) is 8.66. The summed E-state index contributed by atoms with van der Waals surface area (Å²) in [7, 11) is 0. The zero-order valence-electron chi connectivity index (χ0n) is 28.7. The highest BCUT2D eigenvalue weighted by Gasteiger charge is 2.55. The molecule has 1 aliphatic carbocycles. The molecule has 5 rings (SSSR count). The Hall–Kier alpha value is -3.47. The SMILES string of the molecule is CCC[C@H](NC(=O)[C@@H]1C[C@]2(CC(c3cccc(Cl)c3)=NO2)CN1C(=O)[C@@H](NC(=O)CC1CCCCC1)C(C)(C)C)C(=O)C(=O)N1CCC1. The molecule has 11 nitrogen and oxygen atoms in total. The smallest absolute Gasteiger partial charge is 0.292 e. The van der Waals surface area contributed by atoms with Gasteiger partial charge in [0.05, 0.1) is 18.3 Å². The predicted octanol–water partition coefficient (Wildman–Crippen LogP) is 4.39. The van der Waals surface area contributed by atoms with Crippen molar-refractivity contribution in [1.82, 2.24) is 20.4 Å². The minimum atomic E-state index is -1.02. The number of benzene rings is 1. The molecule has 0 bridgehead atoms. The summed E-state index contributed by atoms with van der Waals surface area (Å²) in [5, 5.41) is 10.8. The highest BCUT2D eigenvalue weighted by molar-refractivity contribution is 6.38. The van der Waals surface area contributed by atoms with E-state index in [0.29, 0.717) is 49.0 Å². The van der Waals surface area contributed by atoms with E-state index in [9.17, 15) is 24.0 Å². The largest absolute Gasteiger partial charge is 0.387 e. The van der Waals surface area contributed by atoms with Crippen molar-refractivity contribution in [3.05, 3.63) is 34.9 Å². The number of carbonyl (C=O) groups is 5. The second kappa shape index (κ2) is 15.0. The van der Waals surface area contributed by atoms with Gasteiger partial charge in [-0.15, -0.1) is 0 Å². The van der Waals surface area contributed by atoms with Crippen molar-refractivity contribution in [2.24, 2.45) is 16.5 Å². The van der Waals surface area contributed by atoms with Gasteiger partial charge in [-0.25, -0.2) is 0 Å². The van der Waals surface area contributed by atoms with Crippen LogP contribution in [0.25, 0.3) is 0 Å². The number of likely N-dealkylation sites (tertiary alicyclic amines) is 2. The molecule has 0 radical (unpaired) electrons. The summed E-state index contributed by atoms with van der Waals surface area (Å²) < 4.78 is 0. The molecule has 12 heteroatoms. The Morgan fingerprint density at radius 3 is 2.42 bits per heavy atom. The van der Waals surface area contributed by atoms with Gasteiger partial charge in [-0.3, -0.25) is 24.0 Å². The lowest BCUT2D eigenvalue weighted by molar-refractivity contribution is -0.149. The van der Waals surface area contributed by atoms with Gasteiger partial charge < -0.3 is 25.3 Å². The van der Waals surface area contributed by atoms with Crippen LogP contribution in [0.3, 0.4) is 0 Å². The van der Waals surface area contributed by atoms with E-state index in [-0.39, 0.29) is 25.3 Å². The van der Waals surface area contributed by atoms with E-state index >= 15 is 0 Å². The van der Waals surface area contributed by atoms with Gasteiger partial charge in [-0.2, -0.15) is 0 Å². The number of ketones is 1. The molecule has 1 aromatic rings. The minimum Gasteiger partial charge on any atom is -0.387 e. The maximum atomic E-state index is 14.6. The van der Waals surface area contributed by atoms with Gasteiger partial charge in [-0.1, -0.05) is 82.3 Å². The predicted molar refractivity (Wildman–Crippen MR) is 182 cm³/mol. The summed E-state index contributed by atoms with van der Waals surface area (Å²) >= 11 is 6.25. The Balaban J connectivity index is 1.39. The number of oxime groups is 1. The number of rotatable bonds is 11. The van der Waals surface area contributed by atoms with E-state index in [0.717, 1.165) is 37.7 Å². The first-order chi connectivity index (χ1) is 22.8. The second-order valence-electron chi connectivity index (χ2n) is 15.1. The molecule has 4 atom stereocenters. The van der Waals surface area contributed by atoms with Crippen LogP contribution in [-0.2, 0) is 28.8 Å². The topological polar surface area (TPSA) is 137 Å². The van der Waals surface area contributed by atoms with E-state index in [1.165, 1.54) is 16.2 Å². The fraction of sp³-hybridized carbons (Fsp3) is 0.667. The van der Waals surface area contributed by atoms with Crippen LogP contribution >= 0.6 is 11.6 Å². The van der Waals surface area contributed by atoms with E-state index in [2.05, 4.69) is 15.8 Å². The average molecular weight is 684 g/mol. The van der Waals surface area contributed by atoms with Crippen molar-refractivity contribution in [3.63, 3.8) is 0 Å². The highest BCUT2D eigenvalue weighted by Crippen LogP contribution is 2.40. The first-order valence-electron chi connectivity index (χ1n) is 17.5. The Morgan fingerprint density at radius 1 is 1.06 bits per heavy atom. The van der Waals surface area contributed by atoms with Crippen molar-refractivity contribution in [1.29, 1.82) is 0 Å². The van der Waals surface area contributed by atoms with E-state index in [1.54, 1.807) is 12.1 Å². The maximum Gasteiger partial charge on any atom is 0.292 e. The molecule has 1 spiro atoms. The quantitative estimate of drug-likeness (QED) is 0.332. The average Bonchev–Trinajstić information content (AvgIpc) is 3.61. The minimum absolute atomic E-state index is 0.0572. The number of halogens is 1. The van der Waals surface area contributed by atoms with Gasteiger partial charge >= 0.3 is 0 Å². The Labute approximate surface area is 288 Å². The zero-order chi connectivity index (χ0) is 34.6. The molecule has 3 fully saturated rings. The fourth-order valence-corrected chi connectivity index (χ4v) is 7.48. The van der Waals surface area contributed by atoms with Gasteiger partial charge in [0.15, 0.2) is 5.60 Å². The third-order valence-corrected chi connectivity index (χ3v) is 10.4. The second-order valence-corrected chi connectivity index (χ2v) is 15.6. The van der Waals surface area contributed by atoms with Crippen molar-refractivity contribution in [2.45, 2.75) is 122 Å². The number of Topliss-reactive ketones (excluding diaryl/α,β-unsaturated/α-hetero) is 1. The van der Waals surface area contributed by atoms with Gasteiger partial charge in [0.1, 0.15) is 12.1 Å². The van der Waals surface area contributed by atoms with Crippen LogP contribution in [0.4, 0.5) is 0 Å². The number of carbonyl (C=O) groups excluding carboxylic acids is 5. The molecule has 0 aromatic heterocycles. The molecule has 4 amide bonds. The lowest BCUT2D eigenvalue weighted by atomic mass is 9.84. The third kappa shape index (κ3) is 8.21. The molecule has 262 valence electrons. The monoisotopic (exact) mass is 683 g/mol. The first kappa shape index (κ1) is 35.8. The van der Waals surface area contributed by atoms with Crippen LogP contribution in [0.1, 0.15) is 104 Å². The fourth-order valence-electron chi connectivity index (χ4n) is 7.29. The number of nitrogens with one attached hydrogen (secondary N) is 2. The Morgan fingerprint density at radius 2 is 1.79 bits per heavy atom. The van der Waals surface area contributed by atoms with Crippen LogP contribution in [-0.4, -0.2) is 88.3 Å². The highest BCUT2D eigenvalue weighted by atomic mass is 35.5. The molecule has 3 heterocycles. The summed E-state index contributed by atoms with van der Waals surface area (Å²) in [5.74, 6) is -2.06. The molecular formula is C36H50ClN5O6. The van der Waals surface area contributed by atoms with Crippen LogP contribution in [0.15, 0.2) is 29.4 Å². The van der Waals surface area contributed by atoms with Crippen molar-refractivity contribution in [2.75, 3.05) is 19.6 Å². The number of hydrogen-bond donors (Lipinski definition) is 2. The molecule has 4 aliphatic rings. The standard InChI is InChI=1S/C36H50ClN5O6/c1-5-11-26(30(44)33(46)41-16-10-17-41)38-32(45)28-21-36(20-27(40-48-36)24-14-9-15-25(37)19-24)22-42(28)34(47)31(35(2,3)4)39-29(43)18-23-12-7-6-8-13-23/h9,14-15,19,23,26,28,31H,5-8,10-13,16-18,20-22H2,1-4H3,(H,38,45)(H,39,43)/t26-,28-,31+,36+/m0/s1. The summed E-state index contributed by atoms with van der Waals surface area (Å²) in [6, 6.07) is 4.32. The van der Waals surface area contributed by atoms with Gasteiger partial charge in [0.2, 0.25) is 23.5 Å². The normalized spacial score (nSPS) is 23.9. The molecule has 0 unspecified atom stereocenters. The van der Waals surface area contributed by atoms with Crippen molar-refractivity contribution in [3.8, 4) is 0 Å². The third-order valence-electron chi connectivity index (χ3n) is 10.2. The summed E-state index contributed by atoms with van der Waals surface area (Å²) in [5.41, 5.74) is -0.231. The van der Waals surface area contributed by atoms with Gasteiger partial charge in [-0.05, 0) is 49.1 Å². The molecule has 2 saturated heterocycles. The van der Waals surface area contributed by atoms with Crippen LogP contribution in [0.2, 0.25) is 5.02 Å². The molecule has 48 heavy (non-hydrogen) atoms. The van der Waals surface area contributed by atoms with Crippen LogP contribution < -0.4 is 10.6 Å². The van der Waals surface area contributed by atoms with Crippen LogP contribution in [0.5, 0.6) is 0 Å². The molecule has 1 aromatic carbocycles. The van der Waals surface area contributed by atoms with Gasteiger partial charge in [0, 0.05) is 42.9 Å². The molecule has 1 saturated carbocycles. The van der Waals surface area contributed by atoms with Crippen LogP contribution in [0, 0.1) is 11.3 Å². The number of nitrogens with zero attached hydrogens (tertiary/aromatic N) is 3. The van der Waals surface area contributed by atoms with Crippen molar-refractivity contribution >= 4 is 46.7 Å². The molecular weight excluding hydrogens is 634 g/mol. The van der Waals surface area contributed by atoms with Crippen molar-refractivity contribution < 1.29 is 28.8 Å². The molecule has 3 aliphatic heterocycles. The van der Waals surface area contributed by atoms with E-state index in [1.807, 2.05) is 39.8 Å². The first-order valence-corrected chi connectivity index (χ1v) is 17.9. The lowest BCUT2D eigenvalue weighted by Crippen LogP contribution is -2.59. The summed E-state index contributed by atoms with van der Waals surface area (Å²) in [6.07, 6.45) is 7.92. The van der Waals surface area contributed by atoms with E-state index in [4.69, 9.17) is 16.4 Å². The lowest BCUT2D eigenvalue weighted by Gasteiger charge is -2.36. The maximum absolute atomic E-state index is 14.6. The Bertz CT molecular complexity index is 1430. The Kier molecular flexibility index (Phi) is 11.2. The van der Waals surface area contributed by atoms with E-state index < -0.39 is 52.6 Å². The number of amides is 4. The number of hydrogen-bond acceptors (Lipinski definition) is 7. The van der Waals surface area contributed by atoms with Gasteiger partial charge in [0.25, 0.3) is 5.91 Å². The zero-order valence-corrected chi connectivity index (χ0v) is 29.4.